The Morgan fingerprint density at radius 3 is 2.06 bits per heavy atom. The minimum absolute atomic E-state index is 1.02. The zero-order chi connectivity index (χ0) is 12.3. The van der Waals surface area contributed by atoms with Gasteiger partial charge >= 0.3 is 0 Å². The van der Waals surface area contributed by atoms with E-state index in [-0.39, 0.29) is 0 Å². The van der Waals surface area contributed by atoms with Crippen molar-refractivity contribution in [2.75, 3.05) is 0 Å². The van der Waals surface area contributed by atoms with Crippen LogP contribution in [0.1, 0.15) is 51.9 Å². The van der Waals surface area contributed by atoms with Gasteiger partial charge in [-0.25, -0.2) is 0 Å². The molecule has 0 nitrogen and oxygen atoms in total. The third kappa shape index (κ3) is 13.3. The lowest BCUT2D eigenvalue weighted by molar-refractivity contribution is 0.614. The van der Waals surface area contributed by atoms with E-state index in [1.165, 1.54) is 38.5 Å². The SMILES string of the molecule is CCCCCCCCC#CC#C[Si](C)(C)C. The van der Waals surface area contributed by atoms with E-state index in [1.807, 2.05) is 0 Å². The Balaban J connectivity index is 3.44. The van der Waals surface area contributed by atoms with E-state index in [4.69, 9.17) is 0 Å². The zero-order valence-corrected chi connectivity index (χ0v) is 12.4. The molecule has 90 valence electrons. The quantitative estimate of drug-likeness (QED) is 0.357. The lowest BCUT2D eigenvalue weighted by Gasteiger charge is -2.01. The molecule has 1 heteroatoms. The molecule has 0 aliphatic carbocycles. The smallest absolute Gasteiger partial charge is 0.118 e. The van der Waals surface area contributed by atoms with Crippen molar-refractivity contribution in [1.29, 1.82) is 0 Å². The molecule has 0 fully saturated rings. The third-order valence-electron chi connectivity index (χ3n) is 2.24. The molecule has 0 rings (SSSR count). The highest BCUT2D eigenvalue weighted by atomic mass is 28.3. The van der Waals surface area contributed by atoms with Gasteiger partial charge in [0.05, 0.1) is 0 Å². The van der Waals surface area contributed by atoms with Gasteiger partial charge in [-0.3, -0.25) is 0 Å². The lowest BCUT2D eigenvalue weighted by atomic mass is 10.1. The largest absolute Gasteiger partial charge is 0.130 e. The van der Waals surface area contributed by atoms with Gasteiger partial charge in [-0.1, -0.05) is 64.6 Å². The number of unbranched alkanes of at least 4 members (excludes halogenated alkanes) is 6. The maximum Gasteiger partial charge on any atom is 0.130 e. The average molecular weight is 234 g/mol. The fourth-order valence-electron chi connectivity index (χ4n) is 1.32. The molecule has 0 bridgehead atoms. The average Bonchev–Trinajstić information content (AvgIpc) is 2.19. The molecule has 0 aliphatic rings. The minimum atomic E-state index is -1.21. The van der Waals surface area contributed by atoms with Gasteiger partial charge in [0, 0.05) is 6.42 Å². The first-order valence-electron chi connectivity index (χ1n) is 6.56. The van der Waals surface area contributed by atoms with E-state index in [9.17, 15) is 0 Å². The molecule has 0 atom stereocenters. The van der Waals surface area contributed by atoms with Gasteiger partial charge in [0.1, 0.15) is 8.07 Å². The summed E-state index contributed by atoms with van der Waals surface area (Å²) in [6.45, 7) is 8.99. The minimum Gasteiger partial charge on any atom is -0.118 e. The topological polar surface area (TPSA) is 0 Å². The number of hydrogen-bond donors (Lipinski definition) is 0. The molecule has 0 amide bonds. The summed E-state index contributed by atoms with van der Waals surface area (Å²) in [5.41, 5.74) is 3.26. The second-order valence-electron chi connectivity index (χ2n) is 5.32. The van der Waals surface area contributed by atoms with E-state index in [0.717, 1.165) is 6.42 Å². The number of rotatable bonds is 6. The Bertz CT molecular complexity index is 275. The van der Waals surface area contributed by atoms with Gasteiger partial charge < -0.3 is 0 Å². The first-order chi connectivity index (χ1) is 7.56. The van der Waals surface area contributed by atoms with E-state index in [1.54, 1.807) is 0 Å². The Hall–Kier alpha value is -0.663. The van der Waals surface area contributed by atoms with Gasteiger partial charge in [0.25, 0.3) is 0 Å². The molecule has 0 aromatic rings. The van der Waals surface area contributed by atoms with Gasteiger partial charge in [-0.05, 0) is 18.3 Å². The summed E-state index contributed by atoms with van der Waals surface area (Å²) >= 11 is 0. The van der Waals surface area contributed by atoms with Gasteiger partial charge in [-0.2, -0.15) is 0 Å². The summed E-state index contributed by atoms with van der Waals surface area (Å²) < 4.78 is 0. The first-order valence-corrected chi connectivity index (χ1v) is 10.1. The molecule has 0 aliphatic heterocycles. The van der Waals surface area contributed by atoms with Crippen molar-refractivity contribution in [2.45, 2.75) is 71.5 Å². The Labute approximate surface area is 103 Å². The molecule has 0 unspecified atom stereocenters. The van der Waals surface area contributed by atoms with Crippen LogP contribution in [0.2, 0.25) is 19.6 Å². The van der Waals surface area contributed by atoms with Crippen LogP contribution in [-0.4, -0.2) is 8.07 Å². The van der Waals surface area contributed by atoms with Gasteiger partial charge in [0.2, 0.25) is 0 Å². The second-order valence-corrected chi connectivity index (χ2v) is 10.1. The molecular weight excluding hydrogens is 208 g/mol. The fraction of sp³-hybridized carbons (Fsp3) is 0.733. The van der Waals surface area contributed by atoms with Crippen LogP contribution < -0.4 is 0 Å². The van der Waals surface area contributed by atoms with Crippen LogP contribution >= 0.6 is 0 Å². The Morgan fingerprint density at radius 1 is 0.812 bits per heavy atom. The van der Waals surface area contributed by atoms with Crippen molar-refractivity contribution in [2.24, 2.45) is 0 Å². The van der Waals surface area contributed by atoms with Crippen LogP contribution in [0.3, 0.4) is 0 Å². The third-order valence-corrected chi connectivity index (χ3v) is 3.12. The molecule has 0 spiro atoms. The van der Waals surface area contributed by atoms with E-state index >= 15 is 0 Å². The molecule has 0 aromatic carbocycles. The molecular formula is C15H26Si. The summed E-state index contributed by atoms with van der Waals surface area (Å²) in [5.74, 6) is 9.10. The molecule has 0 N–H and O–H groups in total. The van der Waals surface area contributed by atoms with Crippen molar-refractivity contribution in [3.05, 3.63) is 0 Å². The number of hydrogen-bond acceptors (Lipinski definition) is 0. The van der Waals surface area contributed by atoms with Crippen LogP contribution in [-0.2, 0) is 0 Å². The second kappa shape index (κ2) is 9.55. The highest BCUT2D eigenvalue weighted by Gasteiger charge is 2.06. The molecule has 0 aromatic heterocycles. The van der Waals surface area contributed by atoms with Crippen LogP contribution in [0.15, 0.2) is 0 Å². The van der Waals surface area contributed by atoms with E-state index in [2.05, 4.69) is 49.9 Å². The summed E-state index contributed by atoms with van der Waals surface area (Å²) in [4.78, 5) is 0. The van der Waals surface area contributed by atoms with Crippen molar-refractivity contribution in [1.82, 2.24) is 0 Å². The zero-order valence-electron chi connectivity index (χ0n) is 11.4. The van der Waals surface area contributed by atoms with E-state index in [0.29, 0.717) is 0 Å². The van der Waals surface area contributed by atoms with Crippen LogP contribution in [0.5, 0.6) is 0 Å². The predicted molar refractivity (Wildman–Crippen MR) is 76.9 cm³/mol. The molecule has 16 heavy (non-hydrogen) atoms. The van der Waals surface area contributed by atoms with Crippen LogP contribution in [0, 0.1) is 23.3 Å². The van der Waals surface area contributed by atoms with Crippen molar-refractivity contribution < 1.29 is 0 Å². The maximum atomic E-state index is 3.26. The lowest BCUT2D eigenvalue weighted by Crippen LogP contribution is -2.16. The summed E-state index contributed by atoms with van der Waals surface area (Å²) in [7, 11) is -1.21. The highest BCUT2D eigenvalue weighted by Crippen LogP contribution is 2.05. The maximum absolute atomic E-state index is 3.26. The summed E-state index contributed by atoms with van der Waals surface area (Å²) in [5, 5.41) is 0. The molecule has 0 radical (unpaired) electrons. The standard InChI is InChI=1S/C15H26Si/c1-5-6-7-8-9-10-11-12-13-14-15-16(2,3)4/h5-11H2,1-4H3. The van der Waals surface area contributed by atoms with Crippen molar-refractivity contribution in [3.8, 4) is 23.3 Å². The summed E-state index contributed by atoms with van der Waals surface area (Å²) in [6.07, 6.45) is 9.06. The summed E-state index contributed by atoms with van der Waals surface area (Å²) in [6, 6.07) is 0. The van der Waals surface area contributed by atoms with Crippen LogP contribution in [0.4, 0.5) is 0 Å². The Kier molecular flexibility index (Phi) is 9.16. The van der Waals surface area contributed by atoms with Crippen molar-refractivity contribution in [3.63, 3.8) is 0 Å². The predicted octanol–water partition coefficient (Wildman–Crippen LogP) is 4.62. The Morgan fingerprint density at radius 2 is 1.44 bits per heavy atom. The van der Waals surface area contributed by atoms with Crippen LogP contribution in [0.25, 0.3) is 0 Å². The fourth-order valence-corrected chi connectivity index (χ4v) is 1.76. The monoisotopic (exact) mass is 234 g/mol. The molecule has 0 heterocycles. The van der Waals surface area contributed by atoms with Crippen molar-refractivity contribution >= 4 is 8.07 Å². The molecule has 0 saturated heterocycles. The first kappa shape index (κ1) is 15.3. The van der Waals surface area contributed by atoms with Gasteiger partial charge in [0.15, 0.2) is 0 Å². The highest BCUT2D eigenvalue weighted by molar-refractivity contribution is 6.83. The molecule has 0 saturated carbocycles. The van der Waals surface area contributed by atoms with E-state index < -0.39 is 8.07 Å². The normalized spacial score (nSPS) is 10.0. The van der Waals surface area contributed by atoms with Gasteiger partial charge in [-0.15, -0.1) is 5.54 Å².